The fourth-order valence-corrected chi connectivity index (χ4v) is 2.77. The first-order valence-electron chi connectivity index (χ1n) is 6.24. The van der Waals surface area contributed by atoms with Gasteiger partial charge in [0.25, 0.3) is 0 Å². The molecule has 0 bridgehead atoms. The number of nitriles is 1. The zero-order chi connectivity index (χ0) is 13.1. The first kappa shape index (κ1) is 13.4. The number of piperazine rings is 1. The Hall–Kier alpha value is -1.05. The summed E-state index contributed by atoms with van der Waals surface area (Å²) >= 11 is 3.58. The second-order valence-electron chi connectivity index (χ2n) is 4.97. The zero-order valence-electron chi connectivity index (χ0n) is 10.8. The van der Waals surface area contributed by atoms with Crippen LogP contribution in [0.3, 0.4) is 0 Å². The van der Waals surface area contributed by atoms with Gasteiger partial charge in [-0.1, -0.05) is 22.0 Å². The fraction of sp³-hybridized carbons (Fsp3) is 0.500. The van der Waals surface area contributed by atoms with E-state index in [2.05, 4.69) is 64.3 Å². The van der Waals surface area contributed by atoms with Crippen molar-refractivity contribution in [3.63, 3.8) is 0 Å². The van der Waals surface area contributed by atoms with E-state index >= 15 is 0 Å². The molecule has 1 fully saturated rings. The number of nitrogens with one attached hydrogen (secondary N) is 1. The molecule has 1 aliphatic heterocycles. The monoisotopic (exact) mass is 307 g/mol. The number of anilines is 1. The normalized spacial score (nSPS) is 23.8. The van der Waals surface area contributed by atoms with Crippen molar-refractivity contribution in [2.45, 2.75) is 32.4 Å². The molecule has 0 spiro atoms. The van der Waals surface area contributed by atoms with E-state index in [9.17, 15) is 0 Å². The average molecular weight is 308 g/mol. The van der Waals surface area contributed by atoms with E-state index in [4.69, 9.17) is 5.26 Å². The molecule has 18 heavy (non-hydrogen) atoms. The van der Waals surface area contributed by atoms with Crippen LogP contribution in [0, 0.1) is 18.3 Å². The smallest absolute Gasteiger partial charge is 0.0638 e. The molecule has 2 unspecified atom stereocenters. The van der Waals surface area contributed by atoms with Gasteiger partial charge in [-0.15, -0.1) is 0 Å². The van der Waals surface area contributed by atoms with Crippen LogP contribution in [0.4, 0.5) is 5.69 Å². The molecule has 0 aromatic heterocycles. The third-order valence-electron chi connectivity index (χ3n) is 3.31. The summed E-state index contributed by atoms with van der Waals surface area (Å²) in [6.45, 7) is 6.14. The lowest BCUT2D eigenvalue weighted by Crippen LogP contribution is -2.55. The SMILES string of the molecule is Cc1ccc(N2CC(C)NC(CC#N)C2)cc1Br. The quantitative estimate of drug-likeness (QED) is 0.913. The Labute approximate surface area is 117 Å². The van der Waals surface area contributed by atoms with Gasteiger partial charge >= 0.3 is 0 Å². The minimum Gasteiger partial charge on any atom is -0.368 e. The van der Waals surface area contributed by atoms with Crippen molar-refractivity contribution in [3.05, 3.63) is 28.2 Å². The van der Waals surface area contributed by atoms with Gasteiger partial charge in [0.1, 0.15) is 0 Å². The zero-order valence-corrected chi connectivity index (χ0v) is 12.4. The predicted octanol–water partition coefficient (Wildman–Crippen LogP) is 2.84. The Balaban J connectivity index is 2.16. The highest BCUT2D eigenvalue weighted by Gasteiger charge is 2.24. The van der Waals surface area contributed by atoms with Crippen molar-refractivity contribution in [2.24, 2.45) is 0 Å². The Morgan fingerprint density at radius 2 is 2.28 bits per heavy atom. The molecule has 2 rings (SSSR count). The van der Waals surface area contributed by atoms with Crippen LogP contribution >= 0.6 is 15.9 Å². The Morgan fingerprint density at radius 3 is 2.94 bits per heavy atom. The molecule has 0 saturated carbocycles. The van der Waals surface area contributed by atoms with Gasteiger partial charge in [-0.25, -0.2) is 0 Å². The average Bonchev–Trinajstić information content (AvgIpc) is 2.32. The topological polar surface area (TPSA) is 39.1 Å². The lowest BCUT2D eigenvalue weighted by atomic mass is 10.1. The van der Waals surface area contributed by atoms with E-state index in [1.807, 2.05) is 0 Å². The summed E-state index contributed by atoms with van der Waals surface area (Å²) in [5.74, 6) is 0. The predicted molar refractivity (Wildman–Crippen MR) is 77.7 cm³/mol. The highest BCUT2D eigenvalue weighted by atomic mass is 79.9. The van der Waals surface area contributed by atoms with Crippen molar-refractivity contribution in [3.8, 4) is 6.07 Å². The van der Waals surface area contributed by atoms with E-state index in [1.54, 1.807) is 0 Å². The third-order valence-corrected chi connectivity index (χ3v) is 4.17. The van der Waals surface area contributed by atoms with Gasteiger partial charge in [0.2, 0.25) is 0 Å². The number of rotatable bonds is 2. The number of hydrogen-bond donors (Lipinski definition) is 1. The Morgan fingerprint density at radius 1 is 1.50 bits per heavy atom. The van der Waals surface area contributed by atoms with Crippen molar-refractivity contribution >= 4 is 21.6 Å². The van der Waals surface area contributed by atoms with Crippen LogP contribution in [0.25, 0.3) is 0 Å². The van der Waals surface area contributed by atoms with E-state index in [-0.39, 0.29) is 6.04 Å². The second-order valence-corrected chi connectivity index (χ2v) is 5.82. The number of hydrogen-bond acceptors (Lipinski definition) is 3. The molecular weight excluding hydrogens is 290 g/mol. The number of aryl methyl sites for hydroxylation is 1. The molecular formula is C14H18BrN3. The van der Waals surface area contributed by atoms with Gasteiger partial charge in [-0.3, -0.25) is 0 Å². The van der Waals surface area contributed by atoms with Crippen LogP contribution < -0.4 is 10.2 Å². The second kappa shape index (κ2) is 5.73. The Kier molecular flexibility index (Phi) is 4.26. The minimum atomic E-state index is 0.263. The van der Waals surface area contributed by atoms with E-state index in [1.165, 1.54) is 11.3 Å². The van der Waals surface area contributed by atoms with Gasteiger partial charge in [-0.05, 0) is 31.5 Å². The summed E-state index contributed by atoms with van der Waals surface area (Å²) in [4.78, 5) is 2.35. The van der Waals surface area contributed by atoms with Gasteiger partial charge in [0.15, 0.2) is 0 Å². The van der Waals surface area contributed by atoms with Gasteiger partial charge < -0.3 is 10.2 Å². The van der Waals surface area contributed by atoms with E-state index in [0.717, 1.165) is 17.6 Å². The molecule has 1 aliphatic rings. The fourth-order valence-electron chi connectivity index (χ4n) is 2.40. The maximum Gasteiger partial charge on any atom is 0.0638 e. The molecule has 4 heteroatoms. The van der Waals surface area contributed by atoms with Gasteiger partial charge in [0.05, 0.1) is 12.5 Å². The van der Waals surface area contributed by atoms with Crippen LogP contribution in [0.2, 0.25) is 0 Å². The number of halogens is 1. The molecule has 1 heterocycles. The van der Waals surface area contributed by atoms with Crippen LogP contribution in [0.15, 0.2) is 22.7 Å². The summed E-state index contributed by atoms with van der Waals surface area (Å²) in [6.07, 6.45) is 0.563. The minimum absolute atomic E-state index is 0.263. The highest BCUT2D eigenvalue weighted by molar-refractivity contribution is 9.10. The van der Waals surface area contributed by atoms with Crippen molar-refractivity contribution in [1.82, 2.24) is 5.32 Å². The molecule has 2 atom stereocenters. The molecule has 1 aromatic rings. The van der Waals surface area contributed by atoms with Crippen molar-refractivity contribution in [1.29, 1.82) is 5.26 Å². The molecule has 0 radical (unpaired) electrons. The molecule has 1 aromatic carbocycles. The number of benzene rings is 1. The summed E-state index contributed by atoms with van der Waals surface area (Å²) in [7, 11) is 0. The first-order chi connectivity index (χ1) is 8.60. The molecule has 0 amide bonds. The van der Waals surface area contributed by atoms with Crippen LogP contribution in [-0.4, -0.2) is 25.2 Å². The van der Waals surface area contributed by atoms with Crippen LogP contribution in [0.5, 0.6) is 0 Å². The van der Waals surface area contributed by atoms with Gasteiger partial charge in [-0.2, -0.15) is 5.26 Å². The molecule has 96 valence electrons. The third kappa shape index (κ3) is 3.04. The molecule has 0 aliphatic carbocycles. The lowest BCUT2D eigenvalue weighted by Gasteiger charge is -2.38. The van der Waals surface area contributed by atoms with Crippen LogP contribution in [-0.2, 0) is 0 Å². The standard InChI is InChI=1S/C14H18BrN3/c1-10-3-4-13(7-14(10)15)18-8-11(2)17-12(9-18)5-6-16/h3-4,7,11-12,17H,5,8-9H2,1-2H3. The Bertz CT molecular complexity index is 467. The largest absolute Gasteiger partial charge is 0.368 e. The summed E-state index contributed by atoms with van der Waals surface area (Å²) in [5.41, 5.74) is 2.47. The maximum atomic E-state index is 8.83. The summed E-state index contributed by atoms with van der Waals surface area (Å²) in [6, 6.07) is 9.38. The van der Waals surface area contributed by atoms with Gasteiger partial charge in [0, 0.05) is 35.3 Å². The van der Waals surface area contributed by atoms with Crippen LogP contribution in [0.1, 0.15) is 18.9 Å². The lowest BCUT2D eigenvalue weighted by molar-refractivity contribution is 0.391. The maximum absolute atomic E-state index is 8.83. The van der Waals surface area contributed by atoms with Crippen molar-refractivity contribution < 1.29 is 0 Å². The van der Waals surface area contributed by atoms with E-state index in [0.29, 0.717) is 12.5 Å². The van der Waals surface area contributed by atoms with E-state index < -0.39 is 0 Å². The molecule has 1 N–H and O–H groups in total. The number of nitrogens with zero attached hydrogens (tertiary/aromatic N) is 2. The molecule has 1 saturated heterocycles. The summed E-state index contributed by atoms with van der Waals surface area (Å²) in [5, 5.41) is 12.3. The first-order valence-corrected chi connectivity index (χ1v) is 7.03. The highest BCUT2D eigenvalue weighted by Crippen LogP contribution is 2.25. The summed E-state index contributed by atoms with van der Waals surface area (Å²) < 4.78 is 1.14. The van der Waals surface area contributed by atoms with Crippen molar-refractivity contribution in [2.75, 3.05) is 18.0 Å². The molecule has 3 nitrogen and oxygen atoms in total.